The first-order valence-corrected chi connectivity index (χ1v) is 6.17. The van der Waals surface area contributed by atoms with Crippen molar-refractivity contribution >= 4 is 0 Å². The zero-order valence-corrected chi connectivity index (χ0v) is 10.0. The van der Waals surface area contributed by atoms with E-state index < -0.39 is 0 Å². The van der Waals surface area contributed by atoms with Crippen molar-refractivity contribution in [3.8, 4) is 16.9 Å². The van der Waals surface area contributed by atoms with Gasteiger partial charge in [0, 0.05) is 5.56 Å². The van der Waals surface area contributed by atoms with Crippen LogP contribution in [0.2, 0.25) is 0 Å². The molecule has 0 amide bonds. The Balaban J connectivity index is 2.29. The number of rotatable bonds is 1. The smallest absolute Gasteiger partial charge is 0.126 e. The fourth-order valence-corrected chi connectivity index (χ4v) is 2.80. The van der Waals surface area contributed by atoms with Gasteiger partial charge in [-0.3, -0.25) is 0 Å². The molecular weight excluding hydrogens is 208 g/mol. The summed E-state index contributed by atoms with van der Waals surface area (Å²) in [6.07, 6.45) is 3.45. The SMILES string of the molecule is Cc1cc2c(c(-c3ccccc3)c1O)CCC2. The Kier molecular flexibility index (Phi) is 2.40. The summed E-state index contributed by atoms with van der Waals surface area (Å²) in [6.45, 7) is 1.99. The van der Waals surface area contributed by atoms with Crippen LogP contribution < -0.4 is 0 Å². The highest BCUT2D eigenvalue weighted by molar-refractivity contribution is 5.77. The number of phenols is 1. The summed E-state index contributed by atoms with van der Waals surface area (Å²) >= 11 is 0. The quantitative estimate of drug-likeness (QED) is 0.780. The van der Waals surface area contributed by atoms with Gasteiger partial charge in [-0.05, 0) is 48.4 Å². The molecule has 1 N–H and O–H groups in total. The van der Waals surface area contributed by atoms with Crippen molar-refractivity contribution in [1.29, 1.82) is 0 Å². The van der Waals surface area contributed by atoms with Crippen molar-refractivity contribution in [3.05, 3.63) is 53.1 Å². The predicted molar refractivity (Wildman–Crippen MR) is 70.3 cm³/mol. The Morgan fingerprint density at radius 1 is 1.06 bits per heavy atom. The van der Waals surface area contributed by atoms with Crippen molar-refractivity contribution in [2.75, 3.05) is 0 Å². The summed E-state index contributed by atoms with van der Waals surface area (Å²) < 4.78 is 0. The molecule has 0 atom stereocenters. The Morgan fingerprint density at radius 3 is 2.59 bits per heavy atom. The molecule has 0 aromatic heterocycles. The summed E-state index contributed by atoms with van der Waals surface area (Å²) in [6, 6.07) is 12.4. The third-order valence-corrected chi connectivity index (χ3v) is 3.63. The van der Waals surface area contributed by atoms with E-state index in [9.17, 15) is 5.11 Å². The molecule has 0 fully saturated rings. The van der Waals surface area contributed by atoms with E-state index in [0.29, 0.717) is 5.75 Å². The van der Waals surface area contributed by atoms with Crippen LogP contribution >= 0.6 is 0 Å². The lowest BCUT2D eigenvalue weighted by molar-refractivity contribution is 0.472. The zero-order chi connectivity index (χ0) is 11.8. The second-order valence-electron chi connectivity index (χ2n) is 4.77. The van der Waals surface area contributed by atoms with E-state index in [1.165, 1.54) is 17.5 Å². The fraction of sp³-hybridized carbons (Fsp3) is 0.250. The summed E-state index contributed by atoms with van der Waals surface area (Å²) in [5.74, 6) is 0.455. The first kappa shape index (κ1) is 10.4. The van der Waals surface area contributed by atoms with Crippen LogP contribution in [0.1, 0.15) is 23.1 Å². The minimum atomic E-state index is 0.455. The lowest BCUT2D eigenvalue weighted by Gasteiger charge is -2.13. The van der Waals surface area contributed by atoms with E-state index in [4.69, 9.17) is 0 Å². The molecule has 17 heavy (non-hydrogen) atoms. The maximum atomic E-state index is 10.3. The van der Waals surface area contributed by atoms with Crippen LogP contribution in [0.15, 0.2) is 36.4 Å². The molecule has 1 aliphatic carbocycles. The standard InChI is InChI=1S/C16H16O/c1-11-10-13-8-5-9-14(13)15(16(11)17)12-6-3-2-4-7-12/h2-4,6-7,10,17H,5,8-9H2,1H3. The van der Waals surface area contributed by atoms with E-state index in [1.54, 1.807) is 0 Å². The van der Waals surface area contributed by atoms with Gasteiger partial charge in [0.1, 0.15) is 5.75 Å². The minimum Gasteiger partial charge on any atom is -0.507 e. The monoisotopic (exact) mass is 224 g/mol. The predicted octanol–water partition coefficient (Wildman–Crippen LogP) is 3.86. The number of aromatic hydroxyl groups is 1. The van der Waals surface area contributed by atoms with E-state index >= 15 is 0 Å². The lowest BCUT2D eigenvalue weighted by Crippen LogP contribution is -1.92. The van der Waals surface area contributed by atoms with Crippen molar-refractivity contribution in [2.45, 2.75) is 26.2 Å². The molecule has 1 nitrogen and oxygen atoms in total. The summed E-state index contributed by atoms with van der Waals surface area (Å²) in [5, 5.41) is 10.3. The first-order valence-electron chi connectivity index (χ1n) is 6.17. The number of aryl methyl sites for hydroxylation is 2. The molecule has 86 valence electrons. The van der Waals surface area contributed by atoms with Gasteiger partial charge in [-0.2, -0.15) is 0 Å². The van der Waals surface area contributed by atoms with Gasteiger partial charge < -0.3 is 5.11 Å². The van der Waals surface area contributed by atoms with Gasteiger partial charge in [-0.25, -0.2) is 0 Å². The minimum absolute atomic E-state index is 0.455. The lowest BCUT2D eigenvalue weighted by atomic mass is 9.93. The van der Waals surface area contributed by atoms with E-state index in [1.807, 2.05) is 25.1 Å². The highest BCUT2D eigenvalue weighted by Crippen LogP contribution is 2.40. The van der Waals surface area contributed by atoms with Gasteiger partial charge >= 0.3 is 0 Å². The van der Waals surface area contributed by atoms with Gasteiger partial charge in [0.25, 0.3) is 0 Å². The number of fused-ring (bicyclic) bond motifs is 1. The Labute approximate surface area is 102 Å². The third kappa shape index (κ3) is 1.62. The van der Waals surface area contributed by atoms with Crippen LogP contribution in [0, 0.1) is 6.92 Å². The highest BCUT2D eigenvalue weighted by Gasteiger charge is 2.20. The largest absolute Gasteiger partial charge is 0.507 e. The van der Waals surface area contributed by atoms with Crippen LogP contribution in [0.25, 0.3) is 11.1 Å². The van der Waals surface area contributed by atoms with Gasteiger partial charge in [0.15, 0.2) is 0 Å². The molecule has 0 saturated carbocycles. The molecule has 0 saturated heterocycles. The molecular formula is C16H16O. The van der Waals surface area contributed by atoms with E-state index in [0.717, 1.165) is 29.5 Å². The molecule has 0 aliphatic heterocycles. The van der Waals surface area contributed by atoms with Crippen LogP contribution in [0.5, 0.6) is 5.75 Å². The Bertz CT molecular complexity index is 555. The number of hydrogen-bond acceptors (Lipinski definition) is 1. The van der Waals surface area contributed by atoms with E-state index in [2.05, 4.69) is 18.2 Å². The second kappa shape index (κ2) is 3.92. The number of phenolic OH excluding ortho intramolecular Hbond substituents is 1. The van der Waals surface area contributed by atoms with Gasteiger partial charge in [-0.15, -0.1) is 0 Å². The van der Waals surface area contributed by atoms with Gasteiger partial charge in [-0.1, -0.05) is 36.4 Å². The summed E-state index contributed by atoms with van der Waals surface area (Å²) in [7, 11) is 0. The van der Waals surface area contributed by atoms with Crippen molar-refractivity contribution in [2.24, 2.45) is 0 Å². The van der Waals surface area contributed by atoms with Gasteiger partial charge in [0.05, 0.1) is 0 Å². The molecule has 3 rings (SSSR count). The van der Waals surface area contributed by atoms with E-state index in [-0.39, 0.29) is 0 Å². The van der Waals surface area contributed by atoms with Crippen molar-refractivity contribution < 1.29 is 5.11 Å². The normalized spacial score (nSPS) is 13.7. The third-order valence-electron chi connectivity index (χ3n) is 3.63. The molecule has 0 spiro atoms. The van der Waals surface area contributed by atoms with Crippen molar-refractivity contribution in [3.63, 3.8) is 0 Å². The maximum Gasteiger partial charge on any atom is 0.126 e. The summed E-state index contributed by atoms with van der Waals surface area (Å²) in [4.78, 5) is 0. The molecule has 0 unspecified atom stereocenters. The highest BCUT2D eigenvalue weighted by atomic mass is 16.3. The van der Waals surface area contributed by atoms with Crippen molar-refractivity contribution in [1.82, 2.24) is 0 Å². The Morgan fingerprint density at radius 2 is 1.82 bits per heavy atom. The molecule has 2 aromatic rings. The average molecular weight is 224 g/mol. The van der Waals surface area contributed by atoms with Gasteiger partial charge in [0.2, 0.25) is 0 Å². The zero-order valence-electron chi connectivity index (χ0n) is 10.0. The van der Waals surface area contributed by atoms with Crippen LogP contribution in [0.4, 0.5) is 0 Å². The first-order chi connectivity index (χ1) is 8.27. The second-order valence-corrected chi connectivity index (χ2v) is 4.77. The fourth-order valence-electron chi connectivity index (χ4n) is 2.80. The van der Waals surface area contributed by atoms with Crippen LogP contribution in [-0.2, 0) is 12.8 Å². The number of hydrogen-bond donors (Lipinski definition) is 1. The maximum absolute atomic E-state index is 10.3. The molecule has 2 aromatic carbocycles. The molecule has 0 radical (unpaired) electrons. The topological polar surface area (TPSA) is 20.2 Å². The van der Waals surface area contributed by atoms with Crippen LogP contribution in [0.3, 0.4) is 0 Å². The molecule has 0 heterocycles. The number of benzene rings is 2. The van der Waals surface area contributed by atoms with Crippen LogP contribution in [-0.4, -0.2) is 5.11 Å². The molecule has 1 aliphatic rings. The molecule has 0 bridgehead atoms. The molecule has 1 heteroatoms. The average Bonchev–Trinajstić information content (AvgIpc) is 2.79. The summed E-state index contributed by atoms with van der Waals surface area (Å²) in [5.41, 5.74) is 5.94. The Hall–Kier alpha value is -1.76.